The number of nitrogens with zero attached hydrogens (tertiary/aromatic N) is 1. The van der Waals surface area contributed by atoms with Gasteiger partial charge < -0.3 is 14.8 Å². The molecule has 0 unspecified atom stereocenters. The minimum atomic E-state index is -0.917. The van der Waals surface area contributed by atoms with E-state index in [4.69, 9.17) is 21.1 Å². The van der Waals surface area contributed by atoms with Gasteiger partial charge in [-0.2, -0.15) is 0 Å². The molecule has 1 amide bonds. The summed E-state index contributed by atoms with van der Waals surface area (Å²) in [4.78, 5) is 34.1. The number of hydrogen-bond donors (Lipinski definition) is 1. The van der Waals surface area contributed by atoms with E-state index in [1.54, 1.807) is 31.2 Å². The zero-order valence-electron chi connectivity index (χ0n) is 14.6. The van der Waals surface area contributed by atoms with Gasteiger partial charge in [0, 0.05) is 22.8 Å². The number of hydrogen-bond acceptors (Lipinski definition) is 6. The first-order chi connectivity index (χ1) is 12.8. The Morgan fingerprint density at radius 1 is 1.22 bits per heavy atom. The Balaban J connectivity index is 1.84. The van der Waals surface area contributed by atoms with Gasteiger partial charge in [-0.15, -0.1) is 0 Å². The predicted molar refractivity (Wildman–Crippen MR) is 99.0 cm³/mol. The van der Waals surface area contributed by atoms with Crippen molar-refractivity contribution in [1.29, 1.82) is 0 Å². The first-order valence-corrected chi connectivity index (χ1v) is 8.28. The topological polar surface area (TPSA) is 108 Å². The molecule has 1 atom stereocenters. The average Bonchev–Trinajstić information content (AvgIpc) is 2.63. The van der Waals surface area contributed by atoms with Crippen molar-refractivity contribution >= 4 is 34.9 Å². The molecule has 0 aliphatic rings. The number of anilines is 1. The van der Waals surface area contributed by atoms with Crippen LogP contribution in [-0.2, 0) is 14.3 Å². The van der Waals surface area contributed by atoms with Gasteiger partial charge in [-0.3, -0.25) is 14.9 Å². The lowest BCUT2D eigenvalue weighted by Crippen LogP contribution is -2.29. The molecule has 27 heavy (non-hydrogen) atoms. The molecule has 0 radical (unpaired) electrons. The van der Waals surface area contributed by atoms with E-state index in [1.807, 2.05) is 0 Å². The van der Waals surface area contributed by atoms with E-state index in [0.717, 1.165) is 0 Å². The third kappa shape index (κ3) is 5.96. The summed E-state index contributed by atoms with van der Waals surface area (Å²) in [7, 11) is 0. The highest BCUT2D eigenvalue weighted by Crippen LogP contribution is 2.21. The Hall–Kier alpha value is -3.13. The summed E-state index contributed by atoms with van der Waals surface area (Å²) in [5.41, 5.74) is 0.834. The van der Waals surface area contributed by atoms with Gasteiger partial charge in [-0.05, 0) is 49.7 Å². The Morgan fingerprint density at radius 2 is 1.89 bits per heavy atom. The second-order valence-corrected chi connectivity index (χ2v) is 6.06. The molecule has 0 spiro atoms. The van der Waals surface area contributed by atoms with Gasteiger partial charge in [0.2, 0.25) is 0 Å². The summed E-state index contributed by atoms with van der Waals surface area (Å²) >= 11 is 5.77. The summed E-state index contributed by atoms with van der Waals surface area (Å²) in [6.45, 7) is 2.61. The third-order valence-corrected chi connectivity index (χ3v) is 3.75. The van der Waals surface area contributed by atoms with E-state index in [0.29, 0.717) is 22.0 Å². The van der Waals surface area contributed by atoms with Crippen LogP contribution in [0.3, 0.4) is 0 Å². The lowest BCUT2D eigenvalue weighted by molar-refractivity contribution is -0.384. The zero-order valence-corrected chi connectivity index (χ0v) is 15.4. The van der Waals surface area contributed by atoms with E-state index < -0.39 is 29.5 Å². The second kappa shape index (κ2) is 9.00. The van der Waals surface area contributed by atoms with Crippen LogP contribution in [0.2, 0.25) is 5.02 Å². The maximum absolute atomic E-state index is 11.9. The molecule has 0 aliphatic carbocycles. The Kier molecular flexibility index (Phi) is 6.73. The molecular weight excluding hydrogens is 376 g/mol. The van der Waals surface area contributed by atoms with Crippen LogP contribution in [0.25, 0.3) is 0 Å². The molecule has 1 N–H and O–H groups in total. The van der Waals surface area contributed by atoms with Crippen LogP contribution in [0.1, 0.15) is 12.5 Å². The molecule has 9 heteroatoms. The molecule has 2 aromatic rings. The summed E-state index contributed by atoms with van der Waals surface area (Å²) in [6.07, 6.45) is -0.917. The highest BCUT2D eigenvalue weighted by atomic mass is 35.5. The number of carbonyl (C=O) groups excluding carboxylic acids is 2. The number of carbonyl (C=O) groups is 2. The highest BCUT2D eigenvalue weighted by Gasteiger charge is 2.18. The minimum Gasteiger partial charge on any atom is -0.479 e. The Bertz CT molecular complexity index is 853. The Morgan fingerprint density at radius 3 is 2.48 bits per heavy atom. The number of nitro benzene ring substituents is 1. The number of nitrogens with one attached hydrogen (secondary N) is 1. The van der Waals surface area contributed by atoms with Gasteiger partial charge in [-0.25, -0.2) is 4.79 Å². The molecule has 142 valence electrons. The van der Waals surface area contributed by atoms with Crippen molar-refractivity contribution in [2.45, 2.75) is 20.0 Å². The van der Waals surface area contributed by atoms with Crippen LogP contribution < -0.4 is 10.1 Å². The molecule has 0 bridgehead atoms. The maximum atomic E-state index is 11.9. The van der Waals surface area contributed by atoms with Crippen molar-refractivity contribution < 1.29 is 24.0 Å². The molecule has 0 saturated heterocycles. The predicted octanol–water partition coefficient (Wildman–Crippen LogP) is 3.51. The summed E-state index contributed by atoms with van der Waals surface area (Å²) in [5.74, 6) is -0.839. The molecule has 0 heterocycles. The molecular formula is C18H17ClN2O6. The number of amides is 1. The van der Waals surface area contributed by atoms with Crippen molar-refractivity contribution in [3.63, 3.8) is 0 Å². The summed E-state index contributed by atoms with van der Waals surface area (Å²) < 4.78 is 10.3. The maximum Gasteiger partial charge on any atom is 0.347 e. The van der Waals surface area contributed by atoms with Gasteiger partial charge >= 0.3 is 5.97 Å². The number of esters is 1. The van der Waals surface area contributed by atoms with Gasteiger partial charge in [0.25, 0.3) is 11.6 Å². The van der Waals surface area contributed by atoms with E-state index in [9.17, 15) is 19.7 Å². The van der Waals surface area contributed by atoms with Gasteiger partial charge in [0.15, 0.2) is 12.7 Å². The normalized spacial score (nSPS) is 11.4. The van der Waals surface area contributed by atoms with Crippen LogP contribution in [0, 0.1) is 17.0 Å². The van der Waals surface area contributed by atoms with Crippen molar-refractivity contribution in [2.75, 3.05) is 11.9 Å². The quantitative estimate of drug-likeness (QED) is 0.439. The van der Waals surface area contributed by atoms with Gasteiger partial charge in [0.1, 0.15) is 5.75 Å². The molecule has 0 saturated carbocycles. The summed E-state index contributed by atoms with van der Waals surface area (Å²) in [6, 6.07) is 10.5. The van der Waals surface area contributed by atoms with Crippen LogP contribution in [0.5, 0.6) is 5.75 Å². The van der Waals surface area contributed by atoms with Crippen molar-refractivity contribution in [1.82, 2.24) is 0 Å². The number of benzene rings is 2. The highest BCUT2D eigenvalue weighted by molar-refractivity contribution is 6.30. The number of rotatable bonds is 7. The van der Waals surface area contributed by atoms with E-state index in [2.05, 4.69) is 5.32 Å². The number of non-ortho nitro benzene ring substituents is 1. The van der Waals surface area contributed by atoms with Crippen LogP contribution >= 0.6 is 11.6 Å². The van der Waals surface area contributed by atoms with Crippen LogP contribution in [-0.4, -0.2) is 29.5 Å². The van der Waals surface area contributed by atoms with E-state index in [-0.39, 0.29) is 5.69 Å². The zero-order chi connectivity index (χ0) is 20.0. The monoisotopic (exact) mass is 392 g/mol. The lowest BCUT2D eigenvalue weighted by atomic mass is 10.2. The SMILES string of the molecule is Cc1cc([N+](=O)[O-])ccc1NC(=O)COC(=O)[C@H](C)Oc1ccc(Cl)cc1. The molecule has 0 fully saturated rings. The minimum absolute atomic E-state index is 0.0786. The van der Waals surface area contributed by atoms with E-state index in [1.165, 1.54) is 25.1 Å². The number of ether oxygens (including phenoxy) is 2. The first kappa shape index (κ1) is 20.2. The number of nitro groups is 1. The summed E-state index contributed by atoms with van der Waals surface area (Å²) in [5, 5.41) is 13.8. The Labute approximate surface area is 160 Å². The van der Waals surface area contributed by atoms with Gasteiger partial charge in [-0.1, -0.05) is 11.6 Å². The molecule has 8 nitrogen and oxygen atoms in total. The van der Waals surface area contributed by atoms with E-state index >= 15 is 0 Å². The van der Waals surface area contributed by atoms with Crippen LogP contribution in [0.15, 0.2) is 42.5 Å². The van der Waals surface area contributed by atoms with Crippen molar-refractivity contribution in [3.8, 4) is 5.75 Å². The number of aryl methyl sites for hydroxylation is 1. The molecule has 0 aliphatic heterocycles. The fourth-order valence-corrected chi connectivity index (χ4v) is 2.23. The van der Waals surface area contributed by atoms with Gasteiger partial charge in [0.05, 0.1) is 4.92 Å². The van der Waals surface area contributed by atoms with Crippen molar-refractivity contribution in [3.05, 3.63) is 63.2 Å². The van der Waals surface area contributed by atoms with Crippen LogP contribution in [0.4, 0.5) is 11.4 Å². The fourth-order valence-electron chi connectivity index (χ4n) is 2.11. The smallest absolute Gasteiger partial charge is 0.347 e. The number of halogens is 1. The largest absolute Gasteiger partial charge is 0.479 e. The molecule has 2 rings (SSSR count). The lowest BCUT2D eigenvalue weighted by Gasteiger charge is -2.14. The fraction of sp³-hybridized carbons (Fsp3) is 0.222. The molecule has 2 aromatic carbocycles. The second-order valence-electron chi connectivity index (χ2n) is 5.63. The first-order valence-electron chi connectivity index (χ1n) is 7.90. The standard InChI is InChI=1S/C18H17ClN2O6/c1-11-9-14(21(24)25)5-8-16(11)20-17(22)10-26-18(23)12(2)27-15-6-3-13(19)4-7-15/h3-9,12H,10H2,1-2H3,(H,20,22)/t12-/m0/s1. The average molecular weight is 393 g/mol. The molecule has 0 aromatic heterocycles. The third-order valence-electron chi connectivity index (χ3n) is 3.50. The van der Waals surface area contributed by atoms with Crippen molar-refractivity contribution in [2.24, 2.45) is 0 Å².